The van der Waals surface area contributed by atoms with Crippen LogP contribution >= 0.6 is 0 Å². The van der Waals surface area contributed by atoms with Crippen LogP contribution in [0.2, 0.25) is 0 Å². The van der Waals surface area contributed by atoms with E-state index in [1.54, 1.807) is 4.90 Å². The van der Waals surface area contributed by atoms with Gasteiger partial charge in [-0.25, -0.2) is 0 Å². The number of nitrogens with zero attached hydrogens (tertiary/aromatic N) is 2. The minimum Gasteiger partial charge on any atom is -0.348 e. The molecular weight excluding hydrogens is 372 g/mol. The molecule has 1 saturated heterocycles. The van der Waals surface area contributed by atoms with E-state index in [-0.39, 0.29) is 11.8 Å². The molecule has 1 aliphatic carbocycles. The standard InChI is InChI=1S/C26H32N2O2/c1-19-17-23(19)24(29)28-15-13-26(14-16-28,25(30)27(2)3)18-20-9-11-22(12-10-20)21-7-5-4-6-8-21/h4-12,19,23H,13-18H2,1-3H3. The minimum absolute atomic E-state index is 0.182. The molecule has 0 N–H and O–H groups in total. The Hall–Kier alpha value is -2.62. The Balaban J connectivity index is 1.49. The van der Waals surface area contributed by atoms with Crippen molar-refractivity contribution >= 4 is 11.8 Å². The lowest BCUT2D eigenvalue weighted by atomic mass is 9.72. The van der Waals surface area contributed by atoms with Crippen LogP contribution in [0.25, 0.3) is 11.1 Å². The van der Waals surface area contributed by atoms with E-state index in [2.05, 4.69) is 43.3 Å². The zero-order valence-electron chi connectivity index (χ0n) is 18.3. The Morgan fingerprint density at radius 2 is 1.53 bits per heavy atom. The fourth-order valence-corrected chi connectivity index (χ4v) is 4.83. The summed E-state index contributed by atoms with van der Waals surface area (Å²) in [6, 6.07) is 18.9. The van der Waals surface area contributed by atoms with Crippen LogP contribution in [0.1, 0.15) is 31.7 Å². The van der Waals surface area contributed by atoms with E-state index in [4.69, 9.17) is 0 Å². The number of piperidine rings is 1. The highest BCUT2D eigenvalue weighted by Gasteiger charge is 2.46. The monoisotopic (exact) mass is 404 g/mol. The van der Waals surface area contributed by atoms with E-state index in [9.17, 15) is 9.59 Å². The zero-order chi connectivity index (χ0) is 21.3. The number of hydrogen-bond acceptors (Lipinski definition) is 2. The Labute approximate surface area is 179 Å². The topological polar surface area (TPSA) is 40.6 Å². The summed E-state index contributed by atoms with van der Waals surface area (Å²) in [5.74, 6) is 1.21. The number of carbonyl (C=O) groups excluding carboxylic acids is 2. The fraction of sp³-hybridized carbons (Fsp3) is 0.462. The average Bonchev–Trinajstić information content (AvgIpc) is 3.51. The van der Waals surface area contributed by atoms with E-state index < -0.39 is 5.41 Å². The van der Waals surface area contributed by atoms with Gasteiger partial charge in [-0.2, -0.15) is 0 Å². The normalized spacial score (nSPS) is 22.4. The number of benzene rings is 2. The van der Waals surface area contributed by atoms with Gasteiger partial charge >= 0.3 is 0 Å². The second-order valence-corrected chi connectivity index (χ2v) is 9.36. The Morgan fingerprint density at radius 1 is 0.967 bits per heavy atom. The lowest BCUT2D eigenvalue weighted by Crippen LogP contribution is -2.51. The highest BCUT2D eigenvalue weighted by Crippen LogP contribution is 2.42. The van der Waals surface area contributed by atoms with Crippen molar-refractivity contribution in [3.05, 3.63) is 60.2 Å². The first-order valence-electron chi connectivity index (χ1n) is 11.0. The highest BCUT2D eigenvalue weighted by atomic mass is 16.2. The predicted octanol–water partition coefficient (Wildman–Crippen LogP) is 4.25. The largest absolute Gasteiger partial charge is 0.348 e. The number of carbonyl (C=O) groups is 2. The summed E-state index contributed by atoms with van der Waals surface area (Å²) < 4.78 is 0. The molecule has 2 fully saturated rings. The first-order chi connectivity index (χ1) is 14.4. The van der Waals surface area contributed by atoms with Gasteiger partial charge in [-0.15, -0.1) is 0 Å². The van der Waals surface area contributed by atoms with Crippen molar-refractivity contribution in [2.75, 3.05) is 27.2 Å². The van der Waals surface area contributed by atoms with E-state index in [1.807, 2.05) is 37.2 Å². The summed E-state index contributed by atoms with van der Waals surface area (Å²) in [5, 5.41) is 0. The molecule has 2 unspecified atom stereocenters. The van der Waals surface area contributed by atoms with Gasteiger partial charge in [-0.3, -0.25) is 9.59 Å². The summed E-state index contributed by atoms with van der Waals surface area (Å²) in [5.41, 5.74) is 3.14. The first kappa shape index (κ1) is 20.6. The molecule has 2 aliphatic rings. The quantitative estimate of drug-likeness (QED) is 0.748. The van der Waals surface area contributed by atoms with Crippen LogP contribution in [0.5, 0.6) is 0 Å². The molecule has 30 heavy (non-hydrogen) atoms. The third-order valence-electron chi connectivity index (χ3n) is 6.92. The third kappa shape index (κ3) is 4.14. The van der Waals surface area contributed by atoms with Crippen molar-refractivity contribution in [2.24, 2.45) is 17.3 Å². The molecule has 0 bridgehead atoms. The maximum absolute atomic E-state index is 13.2. The van der Waals surface area contributed by atoms with Crippen molar-refractivity contribution in [3.63, 3.8) is 0 Å². The summed E-state index contributed by atoms with van der Waals surface area (Å²) in [7, 11) is 3.68. The van der Waals surface area contributed by atoms with Crippen molar-refractivity contribution in [1.82, 2.24) is 9.80 Å². The summed E-state index contributed by atoms with van der Waals surface area (Å²) >= 11 is 0. The second-order valence-electron chi connectivity index (χ2n) is 9.36. The zero-order valence-corrected chi connectivity index (χ0v) is 18.3. The lowest BCUT2D eigenvalue weighted by molar-refractivity contribution is -0.146. The van der Waals surface area contributed by atoms with Gasteiger partial charge < -0.3 is 9.80 Å². The van der Waals surface area contributed by atoms with Gasteiger partial charge in [0.2, 0.25) is 11.8 Å². The van der Waals surface area contributed by atoms with Crippen molar-refractivity contribution < 1.29 is 9.59 Å². The van der Waals surface area contributed by atoms with Crippen LogP contribution in [-0.2, 0) is 16.0 Å². The molecule has 0 spiro atoms. The van der Waals surface area contributed by atoms with Crippen LogP contribution in [-0.4, -0.2) is 48.8 Å². The first-order valence-corrected chi connectivity index (χ1v) is 11.0. The number of rotatable bonds is 5. The van der Waals surface area contributed by atoms with Crippen molar-refractivity contribution in [3.8, 4) is 11.1 Å². The SMILES string of the molecule is CC1CC1C(=O)N1CCC(Cc2ccc(-c3ccccc3)cc2)(C(=O)N(C)C)CC1. The number of likely N-dealkylation sites (tertiary alicyclic amines) is 1. The molecule has 2 aromatic carbocycles. The molecule has 4 heteroatoms. The van der Waals surface area contributed by atoms with Gasteiger partial charge in [0.1, 0.15) is 0 Å². The molecule has 0 aromatic heterocycles. The Bertz CT molecular complexity index is 896. The molecule has 1 saturated carbocycles. The Kier molecular flexibility index (Phi) is 5.68. The summed E-state index contributed by atoms with van der Waals surface area (Å²) in [4.78, 5) is 29.6. The third-order valence-corrected chi connectivity index (χ3v) is 6.92. The molecule has 2 aromatic rings. The van der Waals surface area contributed by atoms with Crippen LogP contribution in [0.15, 0.2) is 54.6 Å². The van der Waals surface area contributed by atoms with Crippen LogP contribution in [0, 0.1) is 17.3 Å². The average molecular weight is 405 g/mol. The maximum atomic E-state index is 13.2. The van der Waals surface area contributed by atoms with Gasteiger partial charge in [-0.1, -0.05) is 61.5 Å². The maximum Gasteiger partial charge on any atom is 0.228 e. The molecule has 4 nitrogen and oxygen atoms in total. The van der Waals surface area contributed by atoms with Crippen molar-refractivity contribution in [2.45, 2.75) is 32.6 Å². The van der Waals surface area contributed by atoms with Gasteiger partial charge in [0, 0.05) is 33.1 Å². The van der Waals surface area contributed by atoms with Gasteiger partial charge in [0.15, 0.2) is 0 Å². The lowest BCUT2D eigenvalue weighted by Gasteiger charge is -2.42. The number of amides is 2. The molecule has 2 atom stereocenters. The van der Waals surface area contributed by atoms with Crippen molar-refractivity contribution in [1.29, 1.82) is 0 Å². The second kappa shape index (κ2) is 8.25. The number of hydrogen-bond donors (Lipinski definition) is 0. The summed E-state index contributed by atoms with van der Waals surface area (Å²) in [6.45, 7) is 3.51. The molecule has 4 rings (SSSR count). The molecular formula is C26H32N2O2. The van der Waals surface area contributed by atoms with Gasteiger partial charge in [0.25, 0.3) is 0 Å². The molecule has 2 amide bonds. The Morgan fingerprint density at radius 3 is 2.07 bits per heavy atom. The highest BCUT2D eigenvalue weighted by molar-refractivity contribution is 5.84. The van der Waals surface area contributed by atoms with Gasteiger partial charge in [-0.05, 0) is 48.3 Å². The molecule has 158 valence electrons. The van der Waals surface area contributed by atoms with E-state index in [0.29, 0.717) is 24.9 Å². The van der Waals surface area contributed by atoms with E-state index in [0.717, 1.165) is 25.7 Å². The van der Waals surface area contributed by atoms with Crippen LogP contribution in [0.3, 0.4) is 0 Å². The molecule has 0 radical (unpaired) electrons. The molecule has 1 aliphatic heterocycles. The fourth-order valence-electron chi connectivity index (χ4n) is 4.83. The van der Waals surface area contributed by atoms with E-state index >= 15 is 0 Å². The van der Waals surface area contributed by atoms with Crippen LogP contribution < -0.4 is 0 Å². The van der Waals surface area contributed by atoms with Gasteiger partial charge in [0.05, 0.1) is 5.41 Å². The molecule has 1 heterocycles. The van der Waals surface area contributed by atoms with E-state index in [1.165, 1.54) is 16.7 Å². The smallest absolute Gasteiger partial charge is 0.228 e. The van der Waals surface area contributed by atoms with Crippen LogP contribution in [0.4, 0.5) is 0 Å². The summed E-state index contributed by atoms with van der Waals surface area (Å²) in [6.07, 6.45) is 3.21. The minimum atomic E-state index is -0.427. The predicted molar refractivity (Wildman–Crippen MR) is 120 cm³/mol.